The number of aromatic nitrogens is 1. The number of anilines is 1. The van der Waals surface area contributed by atoms with Crippen molar-refractivity contribution in [2.24, 2.45) is 5.92 Å². The van der Waals surface area contributed by atoms with Crippen LogP contribution in [0, 0.1) is 5.92 Å². The zero-order valence-electron chi connectivity index (χ0n) is 24.9. The minimum absolute atomic E-state index is 0.0165. The van der Waals surface area contributed by atoms with E-state index in [1.807, 2.05) is 18.2 Å². The van der Waals surface area contributed by atoms with Gasteiger partial charge in [0.15, 0.2) is 5.13 Å². The molecule has 1 saturated carbocycles. The number of benzene rings is 3. The highest BCUT2D eigenvalue weighted by molar-refractivity contribution is 7.89. The number of sulfonamides is 1. The minimum Gasteiger partial charge on any atom is -0.480 e. The summed E-state index contributed by atoms with van der Waals surface area (Å²) in [6.07, 6.45) is 5.93. The molecule has 1 fully saturated rings. The van der Waals surface area contributed by atoms with Crippen LogP contribution in [-0.2, 0) is 32.5 Å². The van der Waals surface area contributed by atoms with Gasteiger partial charge in [0, 0.05) is 19.0 Å². The van der Waals surface area contributed by atoms with Crippen molar-refractivity contribution in [2.75, 3.05) is 12.4 Å². The summed E-state index contributed by atoms with van der Waals surface area (Å²) >= 11 is 1.39. The van der Waals surface area contributed by atoms with Crippen molar-refractivity contribution < 1.29 is 23.1 Å². The van der Waals surface area contributed by atoms with Crippen LogP contribution in [0.5, 0.6) is 0 Å². The highest BCUT2D eigenvalue weighted by Crippen LogP contribution is 2.40. The molecule has 44 heavy (non-hydrogen) atoms. The number of carbonyl (C=O) groups excluding carboxylic acids is 1. The molecule has 2 N–H and O–H groups in total. The van der Waals surface area contributed by atoms with Crippen molar-refractivity contribution in [2.45, 2.75) is 62.8 Å². The molecule has 1 aliphatic rings. The largest absolute Gasteiger partial charge is 0.480 e. The van der Waals surface area contributed by atoms with Crippen LogP contribution in [0.25, 0.3) is 21.7 Å². The summed E-state index contributed by atoms with van der Waals surface area (Å²) in [6, 6.07) is 22.2. The maximum Gasteiger partial charge on any atom is 0.322 e. The highest BCUT2D eigenvalue weighted by atomic mass is 32.2. The van der Waals surface area contributed by atoms with Gasteiger partial charge in [0.25, 0.3) is 0 Å². The number of carboxylic acids is 1. The van der Waals surface area contributed by atoms with E-state index >= 15 is 0 Å². The third-order valence-electron chi connectivity index (χ3n) is 8.25. The summed E-state index contributed by atoms with van der Waals surface area (Å²) in [4.78, 5) is 30.6. The molecule has 230 valence electrons. The van der Waals surface area contributed by atoms with E-state index in [0.717, 1.165) is 39.6 Å². The smallest absolute Gasteiger partial charge is 0.322 e. The Hall–Kier alpha value is -3.86. The lowest BCUT2D eigenvalue weighted by molar-refractivity contribution is -0.141. The van der Waals surface area contributed by atoms with Gasteiger partial charge in [-0.15, -0.1) is 0 Å². The molecule has 1 amide bonds. The number of aryl methyl sites for hydroxylation is 1. The Kier molecular flexibility index (Phi) is 9.93. The van der Waals surface area contributed by atoms with E-state index in [1.165, 1.54) is 48.9 Å². The second-order valence-corrected chi connectivity index (χ2v) is 14.2. The van der Waals surface area contributed by atoms with E-state index in [9.17, 15) is 23.1 Å². The monoisotopic (exact) mass is 631 g/mol. The second-order valence-electron chi connectivity index (χ2n) is 11.2. The number of hydrogen-bond acceptors (Lipinski definition) is 6. The van der Waals surface area contributed by atoms with Gasteiger partial charge in [0.2, 0.25) is 15.9 Å². The zero-order valence-corrected chi connectivity index (χ0v) is 26.5. The molecule has 0 saturated heterocycles. The molecule has 0 radical (unpaired) electrons. The number of carboxylic acid groups (broad SMARTS) is 1. The highest BCUT2D eigenvalue weighted by Gasteiger charge is 2.33. The van der Waals surface area contributed by atoms with Crippen molar-refractivity contribution >= 4 is 38.4 Å². The van der Waals surface area contributed by atoms with Crippen molar-refractivity contribution in [3.63, 3.8) is 0 Å². The van der Waals surface area contributed by atoms with E-state index in [0.29, 0.717) is 28.7 Å². The Labute approximate surface area is 262 Å². The summed E-state index contributed by atoms with van der Waals surface area (Å²) in [5.41, 5.74) is 4.21. The molecule has 0 spiro atoms. The topological polar surface area (TPSA) is 117 Å². The molecule has 0 bridgehead atoms. The molecule has 3 aromatic carbocycles. The Morgan fingerprint density at radius 3 is 2.20 bits per heavy atom. The summed E-state index contributed by atoms with van der Waals surface area (Å²) in [5, 5.41) is 13.4. The van der Waals surface area contributed by atoms with Gasteiger partial charge in [0.05, 0.1) is 15.5 Å². The number of rotatable bonds is 12. The summed E-state index contributed by atoms with van der Waals surface area (Å²) in [5.74, 6) is -0.852. The fraction of sp³-hybridized carbons (Fsp3) is 0.324. The van der Waals surface area contributed by atoms with Gasteiger partial charge in [-0.1, -0.05) is 97.8 Å². The van der Waals surface area contributed by atoms with Gasteiger partial charge in [-0.25, -0.2) is 13.4 Å². The van der Waals surface area contributed by atoms with Crippen LogP contribution in [-0.4, -0.2) is 47.8 Å². The first-order valence-corrected chi connectivity index (χ1v) is 17.2. The van der Waals surface area contributed by atoms with Crippen LogP contribution in [0.3, 0.4) is 0 Å². The number of nitrogens with one attached hydrogen (secondary N) is 1. The fourth-order valence-corrected chi connectivity index (χ4v) is 7.95. The lowest BCUT2D eigenvalue weighted by atomic mass is 10.0. The van der Waals surface area contributed by atoms with Crippen LogP contribution in [0.1, 0.15) is 50.2 Å². The Balaban J connectivity index is 1.42. The van der Waals surface area contributed by atoms with E-state index in [2.05, 4.69) is 24.4 Å². The molecule has 1 heterocycles. The molecule has 1 aliphatic carbocycles. The van der Waals surface area contributed by atoms with Crippen LogP contribution >= 0.6 is 11.3 Å². The molecule has 4 aromatic rings. The molecule has 5 rings (SSSR count). The Morgan fingerprint density at radius 2 is 1.59 bits per heavy atom. The Morgan fingerprint density at radius 1 is 0.955 bits per heavy atom. The lowest BCUT2D eigenvalue weighted by Crippen LogP contribution is -2.43. The number of likely N-dealkylation sites (N-methyl/N-ethyl adjacent to an activating group) is 1. The van der Waals surface area contributed by atoms with Gasteiger partial charge >= 0.3 is 5.97 Å². The predicted octanol–water partition coefficient (Wildman–Crippen LogP) is 6.87. The maximum absolute atomic E-state index is 13.5. The SMILES string of the molecule is CCc1ccc(-c2sc(NC(=O)CC3CCCC3)nc2-c2ccc(S(=O)(=O)N(C)[C@@H](Cc3ccccc3)C(=O)O)cc2)cc1. The van der Waals surface area contributed by atoms with E-state index in [-0.39, 0.29) is 17.2 Å². The normalized spacial score (nSPS) is 14.5. The first-order chi connectivity index (χ1) is 21.2. The third kappa shape index (κ3) is 7.26. The first kappa shape index (κ1) is 31.6. The van der Waals surface area contributed by atoms with Crippen LogP contribution in [0.4, 0.5) is 5.13 Å². The molecule has 8 nitrogen and oxygen atoms in total. The maximum atomic E-state index is 13.5. The van der Waals surface area contributed by atoms with Crippen molar-refractivity contribution in [1.82, 2.24) is 9.29 Å². The zero-order chi connectivity index (χ0) is 31.3. The second kappa shape index (κ2) is 13.8. The average Bonchev–Trinajstić information content (AvgIpc) is 3.70. The van der Waals surface area contributed by atoms with Crippen molar-refractivity contribution in [3.05, 3.63) is 90.0 Å². The minimum atomic E-state index is -4.12. The number of nitrogens with zero attached hydrogens (tertiary/aromatic N) is 2. The molecule has 1 aromatic heterocycles. The Bertz CT molecular complexity index is 1700. The van der Waals surface area contributed by atoms with Crippen LogP contribution in [0.15, 0.2) is 83.8 Å². The number of amides is 1. The van der Waals surface area contributed by atoms with E-state index in [1.54, 1.807) is 36.4 Å². The summed E-state index contributed by atoms with van der Waals surface area (Å²) < 4.78 is 28.0. The van der Waals surface area contributed by atoms with Gasteiger partial charge < -0.3 is 10.4 Å². The van der Waals surface area contributed by atoms with Gasteiger partial charge in [-0.3, -0.25) is 9.59 Å². The number of thiazole rings is 1. The number of carbonyl (C=O) groups is 2. The van der Waals surface area contributed by atoms with Crippen molar-refractivity contribution in [3.8, 4) is 21.7 Å². The van der Waals surface area contributed by atoms with Gasteiger partial charge in [-0.05, 0) is 60.4 Å². The van der Waals surface area contributed by atoms with Crippen LogP contribution < -0.4 is 5.32 Å². The van der Waals surface area contributed by atoms with E-state index < -0.39 is 22.0 Å². The fourth-order valence-electron chi connectivity index (χ4n) is 5.63. The van der Waals surface area contributed by atoms with Gasteiger partial charge in [0.1, 0.15) is 6.04 Å². The quantitative estimate of drug-likeness (QED) is 0.176. The number of hydrogen-bond donors (Lipinski definition) is 2. The molecule has 0 unspecified atom stereocenters. The molecule has 1 atom stereocenters. The lowest BCUT2D eigenvalue weighted by Gasteiger charge is -2.24. The number of aliphatic carboxylic acids is 1. The standard InChI is InChI=1S/C34H37N3O5S2/c1-3-23-13-15-27(16-14-23)32-31(36-34(43-32)35-30(38)22-25-11-7-8-12-25)26-17-19-28(20-18-26)44(41,42)37(2)29(33(39)40)21-24-9-5-4-6-10-24/h4-6,9-10,13-20,25,29H,3,7-8,11-12,21-22H2,1-2H3,(H,39,40)(H,35,36,38)/t29-/m0/s1. The summed E-state index contributed by atoms with van der Waals surface area (Å²) in [7, 11) is -2.82. The van der Waals surface area contributed by atoms with Crippen molar-refractivity contribution in [1.29, 1.82) is 0 Å². The molecule has 10 heteroatoms. The van der Waals surface area contributed by atoms with Gasteiger partial charge in [-0.2, -0.15) is 4.31 Å². The average molecular weight is 632 g/mol. The summed E-state index contributed by atoms with van der Waals surface area (Å²) in [6.45, 7) is 2.10. The third-order valence-corrected chi connectivity index (χ3v) is 11.1. The van der Waals surface area contributed by atoms with Crippen LogP contribution in [0.2, 0.25) is 0 Å². The molecular formula is C34H37N3O5S2. The van der Waals surface area contributed by atoms with E-state index in [4.69, 9.17) is 4.98 Å². The molecular weight excluding hydrogens is 595 g/mol. The molecule has 0 aliphatic heterocycles. The predicted molar refractivity (Wildman–Crippen MR) is 174 cm³/mol. The first-order valence-electron chi connectivity index (χ1n) is 14.9.